The molecule has 3 heterocycles. The zero-order valence-corrected chi connectivity index (χ0v) is 23.0. The van der Waals surface area contributed by atoms with Crippen molar-refractivity contribution in [1.82, 2.24) is 24.1 Å². The highest BCUT2D eigenvalue weighted by molar-refractivity contribution is 7.89. The minimum absolute atomic E-state index is 0.0454. The smallest absolute Gasteiger partial charge is 0.259 e. The number of hydrogen-bond acceptors (Lipinski definition) is 5. The number of amidine groups is 1. The molecule has 202 valence electrons. The first-order chi connectivity index (χ1) is 18.7. The van der Waals surface area contributed by atoms with Gasteiger partial charge < -0.3 is 14.8 Å². The number of pyridine rings is 1. The fraction of sp³-hybridized carbons (Fsp3) is 0.250. The lowest BCUT2D eigenvalue weighted by molar-refractivity contribution is -0.134. The summed E-state index contributed by atoms with van der Waals surface area (Å²) in [7, 11) is -1.97. The maximum Gasteiger partial charge on any atom is 0.259 e. The lowest BCUT2D eigenvalue weighted by atomic mass is 10.1. The van der Waals surface area contributed by atoms with Gasteiger partial charge in [0, 0.05) is 73.0 Å². The Morgan fingerprint density at radius 1 is 1.10 bits per heavy atom. The number of halogens is 1. The number of sulfonamides is 1. The maximum absolute atomic E-state index is 13.2. The zero-order chi connectivity index (χ0) is 27.6. The Balaban J connectivity index is 1.17. The fourth-order valence-corrected chi connectivity index (χ4v) is 6.14. The molecule has 11 heteroatoms. The van der Waals surface area contributed by atoms with Crippen LogP contribution in [0.15, 0.2) is 78.0 Å². The van der Waals surface area contributed by atoms with Gasteiger partial charge in [0.15, 0.2) is 0 Å². The number of piperazine rings is 1. The molecule has 2 N–H and O–H groups in total. The van der Waals surface area contributed by atoms with E-state index in [-0.39, 0.29) is 30.6 Å². The molecule has 0 radical (unpaired) electrons. The number of amides is 1. The molecule has 9 nitrogen and oxygen atoms in total. The van der Waals surface area contributed by atoms with Gasteiger partial charge >= 0.3 is 0 Å². The average Bonchev–Trinajstić information content (AvgIpc) is 3.37. The van der Waals surface area contributed by atoms with E-state index >= 15 is 0 Å². The van der Waals surface area contributed by atoms with Crippen LogP contribution < -0.4 is 0 Å². The van der Waals surface area contributed by atoms with E-state index in [2.05, 4.69) is 9.97 Å². The molecule has 0 bridgehead atoms. The zero-order valence-electron chi connectivity index (χ0n) is 21.5. The second-order valence-electron chi connectivity index (χ2n) is 9.56. The van der Waals surface area contributed by atoms with Crippen LogP contribution in [0.1, 0.15) is 16.8 Å². The van der Waals surface area contributed by atoms with Gasteiger partial charge in [0.2, 0.25) is 5.91 Å². The Hall–Kier alpha value is -3.73. The Morgan fingerprint density at radius 3 is 2.62 bits per heavy atom. The molecule has 0 saturated carbocycles. The summed E-state index contributed by atoms with van der Waals surface area (Å²) in [4.78, 5) is 23.7. The second-order valence-corrected chi connectivity index (χ2v) is 11.9. The molecule has 0 unspecified atom stereocenters. The number of benzene rings is 2. The molecule has 2 aromatic heterocycles. The van der Waals surface area contributed by atoms with E-state index < -0.39 is 10.0 Å². The summed E-state index contributed by atoms with van der Waals surface area (Å²) in [5.41, 5.74) is 3.35. The molecular formula is C28H29ClN6O3S. The van der Waals surface area contributed by atoms with Gasteiger partial charge in [-0.2, -0.15) is 4.31 Å². The molecule has 1 amide bonds. The van der Waals surface area contributed by atoms with Crippen LogP contribution in [0.5, 0.6) is 0 Å². The minimum atomic E-state index is -3.86. The van der Waals surface area contributed by atoms with Crippen molar-refractivity contribution in [2.24, 2.45) is 0 Å². The van der Waals surface area contributed by atoms with Crippen LogP contribution >= 0.6 is 11.6 Å². The Kier molecular flexibility index (Phi) is 7.69. The molecule has 1 aliphatic heterocycles. The van der Waals surface area contributed by atoms with Crippen molar-refractivity contribution in [3.05, 3.63) is 94.8 Å². The van der Waals surface area contributed by atoms with Crippen LogP contribution in [0.3, 0.4) is 0 Å². The number of H-pyrrole nitrogens is 1. The Morgan fingerprint density at radius 2 is 1.90 bits per heavy atom. The highest BCUT2D eigenvalue weighted by atomic mass is 35.5. The van der Waals surface area contributed by atoms with Crippen molar-refractivity contribution >= 4 is 44.3 Å². The van der Waals surface area contributed by atoms with Gasteiger partial charge in [0.25, 0.3) is 10.0 Å². The number of nitrogens with one attached hydrogen (secondary N) is 2. The summed E-state index contributed by atoms with van der Waals surface area (Å²) >= 11 is 6.03. The molecule has 4 aromatic rings. The van der Waals surface area contributed by atoms with Crippen LogP contribution in [-0.4, -0.2) is 77.5 Å². The summed E-state index contributed by atoms with van der Waals surface area (Å²) in [5, 5.41) is 9.79. The van der Waals surface area contributed by atoms with Gasteiger partial charge in [-0.3, -0.25) is 15.2 Å². The van der Waals surface area contributed by atoms with E-state index in [0.717, 1.165) is 23.2 Å². The number of fused-ring (bicyclic) bond motifs is 1. The lowest BCUT2D eigenvalue weighted by Crippen LogP contribution is -2.51. The molecule has 39 heavy (non-hydrogen) atoms. The van der Waals surface area contributed by atoms with E-state index in [9.17, 15) is 13.2 Å². The van der Waals surface area contributed by atoms with Crippen molar-refractivity contribution in [3.8, 4) is 0 Å². The quantitative estimate of drug-likeness (QED) is 0.250. The number of rotatable bonds is 8. The number of aromatic nitrogens is 2. The lowest BCUT2D eigenvalue weighted by Gasteiger charge is -2.33. The van der Waals surface area contributed by atoms with Gasteiger partial charge in [0.05, 0.1) is 6.54 Å². The van der Waals surface area contributed by atoms with Crippen LogP contribution in [-0.2, 0) is 27.8 Å². The van der Waals surface area contributed by atoms with Crippen molar-refractivity contribution in [1.29, 1.82) is 5.41 Å². The normalized spacial score (nSPS) is 14.6. The van der Waals surface area contributed by atoms with E-state index in [1.165, 1.54) is 4.31 Å². The molecule has 0 atom stereocenters. The number of aromatic amines is 1. The standard InChI is InChI=1S/C28H29ClN6O3S/c1-33(13-11-24-4-2-3-12-31-24)28(30)21-7-5-20(6-8-21)18-34-14-15-35(19-27(34)36)39(37,38)26-17-22-16-23(29)9-10-25(22)32-26/h2-10,12,16-17,30,32H,11,13-15,18-19H2,1H3. The highest BCUT2D eigenvalue weighted by Gasteiger charge is 2.33. The molecule has 1 fully saturated rings. The van der Waals surface area contributed by atoms with Crippen LogP contribution in [0.25, 0.3) is 10.9 Å². The number of hydrogen-bond donors (Lipinski definition) is 2. The SMILES string of the molecule is CN(CCc1ccccn1)C(=N)c1ccc(CN2CCN(S(=O)(=O)c3cc4cc(Cl)ccc4[nH]3)CC2=O)cc1. The predicted molar refractivity (Wildman–Crippen MR) is 151 cm³/mol. The summed E-state index contributed by atoms with van der Waals surface area (Å²) in [5.74, 6) is 0.154. The summed E-state index contributed by atoms with van der Waals surface area (Å²) in [6.07, 6.45) is 2.51. The van der Waals surface area contributed by atoms with Crippen molar-refractivity contribution < 1.29 is 13.2 Å². The topological polar surface area (TPSA) is 113 Å². The first kappa shape index (κ1) is 26.9. The third-order valence-corrected chi connectivity index (χ3v) is 8.87. The first-order valence-electron chi connectivity index (χ1n) is 12.6. The van der Waals surface area contributed by atoms with Crippen molar-refractivity contribution in [2.75, 3.05) is 33.2 Å². The summed E-state index contributed by atoms with van der Waals surface area (Å²) in [6, 6.07) is 20.0. The van der Waals surface area contributed by atoms with E-state index in [1.807, 2.05) is 54.4 Å². The highest BCUT2D eigenvalue weighted by Crippen LogP contribution is 2.25. The molecule has 5 rings (SSSR count). The van der Waals surface area contributed by atoms with Crippen LogP contribution in [0.2, 0.25) is 5.02 Å². The number of carbonyl (C=O) groups excluding carboxylic acids is 1. The first-order valence-corrected chi connectivity index (χ1v) is 14.4. The molecule has 0 spiro atoms. The molecular weight excluding hydrogens is 536 g/mol. The van der Waals surface area contributed by atoms with Crippen molar-refractivity contribution in [2.45, 2.75) is 18.0 Å². The van der Waals surface area contributed by atoms with Gasteiger partial charge in [-0.1, -0.05) is 41.9 Å². The summed E-state index contributed by atoms with van der Waals surface area (Å²) in [6.45, 7) is 1.32. The van der Waals surface area contributed by atoms with E-state index in [4.69, 9.17) is 17.0 Å². The largest absolute Gasteiger partial charge is 0.359 e. The summed E-state index contributed by atoms with van der Waals surface area (Å²) < 4.78 is 27.6. The molecule has 1 saturated heterocycles. The minimum Gasteiger partial charge on any atom is -0.359 e. The second kappa shape index (κ2) is 11.2. The Labute approximate surface area is 232 Å². The fourth-order valence-electron chi connectivity index (χ4n) is 4.56. The predicted octanol–water partition coefficient (Wildman–Crippen LogP) is 3.75. The van der Waals surface area contributed by atoms with Gasteiger partial charge in [0.1, 0.15) is 10.9 Å². The number of carbonyl (C=O) groups is 1. The van der Waals surface area contributed by atoms with Gasteiger partial charge in [-0.25, -0.2) is 8.42 Å². The van der Waals surface area contributed by atoms with Gasteiger partial charge in [-0.15, -0.1) is 0 Å². The van der Waals surface area contributed by atoms with E-state index in [1.54, 1.807) is 35.4 Å². The van der Waals surface area contributed by atoms with Crippen molar-refractivity contribution in [3.63, 3.8) is 0 Å². The Bertz CT molecular complexity index is 1610. The van der Waals surface area contributed by atoms with Crippen LogP contribution in [0, 0.1) is 5.41 Å². The monoisotopic (exact) mass is 564 g/mol. The van der Waals surface area contributed by atoms with Gasteiger partial charge in [-0.05, 0) is 42.0 Å². The number of likely N-dealkylation sites (N-methyl/N-ethyl adjacent to an activating group) is 1. The molecule has 2 aromatic carbocycles. The third kappa shape index (κ3) is 5.98. The average molecular weight is 565 g/mol. The molecule has 1 aliphatic rings. The third-order valence-electron chi connectivity index (χ3n) is 6.87. The number of nitrogens with zero attached hydrogens (tertiary/aromatic N) is 4. The maximum atomic E-state index is 13.2. The van der Waals surface area contributed by atoms with Crippen LogP contribution in [0.4, 0.5) is 0 Å². The van der Waals surface area contributed by atoms with E-state index in [0.29, 0.717) is 34.9 Å². The molecule has 0 aliphatic carbocycles.